The SMILES string of the molecule is CCC(CC)CNC(=NC)NCc1ncc(C(C)(C)C)o1. The topological polar surface area (TPSA) is 62.5 Å². The van der Waals surface area contributed by atoms with Crippen LogP contribution in [0.1, 0.15) is 59.1 Å². The summed E-state index contributed by atoms with van der Waals surface area (Å²) in [6, 6.07) is 0. The van der Waals surface area contributed by atoms with Crippen molar-refractivity contribution in [3.8, 4) is 0 Å². The van der Waals surface area contributed by atoms with Crippen LogP contribution in [0.2, 0.25) is 0 Å². The van der Waals surface area contributed by atoms with E-state index < -0.39 is 0 Å². The molecule has 0 aliphatic carbocycles. The van der Waals surface area contributed by atoms with E-state index in [-0.39, 0.29) is 5.41 Å². The molecule has 0 aromatic carbocycles. The van der Waals surface area contributed by atoms with E-state index in [4.69, 9.17) is 4.42 Å². The molecule has 0 spiro atoms. The molecular weight excluding hydrogens is 264 g/mol. The summed E-state index contributed by atoms with van der Waals surface area (Å²) >= 11 is 0. The van der Waals surface area contributed by atoms with Crippen LogP contribution in [-0.4, -0.2) is 24.5 Å². The Morgan fingerprint density at radius 1 is 1.29 bits per heavy atom. The van der Waals surface area contributed by atoms with Crippen LogP contribution >= 0.6 is 0 Å². The van der Waals surface area contributed by atoms with Gasteiger partial charge in [0.05, 0.1) is 12.7 Å². The average Bonchev–Trinajstić information content (AvgIpc) is 2.92. The average molecular weight is 294 g/mol. The first-order chi connectivity index (χ1) is 9.90. The van der Waals surface area contributed by atoms with Crippen LogP contribution in [0.5, 0.6) is 0 Å². The lowest BCUT2D eigenvalue weighted by molar-refractivity contribution is 0.379. The van der Waals surface area contributed by atoms with Crippen molar-refractivity contribution >= 4 is 5.96 Å². The van der Waals surface area contributed by atoms with Gasteiger partial charge in [-0.3, -0.25) is 4.99 Å². The highest BCUT2D eigenvalue weighted by atomic mass is 16.4. The van der Waals surface area contributed by atoms with E-state index in [0.29, 0.717) is 18.4 Å². The molecule has 0 aliphatic heterocycles. The van der Waals surface area contributed by atoms with Gasteiger partial charge in [-0.2, -0.15) is 0 Å². The maximum absolute atomic E-state index is 5.75. The number of hydrogen-bond acceptors (Lipinski definition) is 3. The van der Waals surface area contributed by atoms with Crippen molar-refractivity contribution in [2.75, 3.05) is 13.6 Å². The second-order valence-corrected chi connectivity index (χ2v) is 6.36. The highest BCUT2D eigenvalue weighted by Crippen LogP contribution is 2.22. The Labute approximate surface area is 128 Å². The molecule has 0 atom stereocenters. The molecule has 5 nitrogen and oxygen atoms in total. The first-order valence-electron chi connectivity index (χ1n) is 7.80. The number of aromatic nitrogens is 1. The monoisotopic (exact) mass is 294 g/mol. The van der Waals surface area contributed by atoms with Gasteiger partial charge in [0.2, 0.25) is 5.89 Å². The van der Waals surface area contributed by atoms with Crippen molar-refractivity contribution < 1.29 is 4.42 Å². The third-order valence-corrected chi connectivity index (χ3v) is 3.64. The Bertz CT molecular complexity index is 441. The summed E-state index contributed by atoms with van der Waals surface area (Å²) in [5, 5.41) is 6.58. The summed E-state index contributed by atoms with van der Waals surface area (Å²) < 4.78 is 5.75. The summed E-state index contributed by atoms with van der Waals surface area (Å²) in [5.74, 6) is 3.06. The van der Waals surface area contributed by atoms with Gasteiger partial charge in [0.15, 0.2) is 5.96 Å². The lowest BCUT2D eigenvalue weighted by Gasteiger charge is -2.16. The normalized spacial score (nSPS) is 12.8. The molecule has 1 rings (SSSR count). The standard InChI is InChI=1S/C16H30N4O/c1-7-12(8-2)9-19-15(17-6)20-11-14-18-10-13(21-14)16(3,4)5/h10,12H,7-9,11H2,1-6H3,(H2,17,19,20). The number of oxazole rings is 1. The minimum Gasteiger partial charge on any atom is -0.443 e. The molecule has 1 heterocycles. The Hall–Kier alpha value is -1.52. The summed E-state index contributed by atoms with van der Waals surface area (Å²) in [7, 11) is 1.78. The molecule has 21 heavy (non-hydrogen) atoms. The van der Waals surface area contributed by atoms with Crippen LogP contribution < -0.4 is 10.6 Å². The van der Waals surface area contributed by atoms with Gasteiger partial charge in [-0.05, 0) is 5.92 Å². The van der Waals surface area contributed by atoms with E-state index in [1.54, 1.807) is 13.2 Å². The molecule has 5 heteroatoms. The first kappa shape index (κ1) is 17.5. The number of hydrogen-bond donors (Lipinski definition) is 2. The largest absolute Gasteiger partial charge is 0.443 e. The third-order valence-electron chi connectivity index (χ3n) is 3.64. The van der Waals surface area contributed by atoms with Gasteiger partial charge in [-0.15, -0.1) is 0 Å². The summed E-state index contributed by atoms with van der Waals surface area (Å²) in [6.45, 7) is 12.2. The predicted octanol–water partition coefficient (Wildman–Crippen LogP) is 3.07. The van der Waals surface area contributed by atoms with E-state index in [0.717, 1.165) is 18.3 Å². The van der Waals surface area contributed by atoms with Crippen LogP contribution in [0.25, 0.3) is 0 Å². The van der Waals surface area contributed by atoms with Crippen LogP contribution in [-0.2, 0) is 12.0 Å². The molecule has 0 unspecified atom stereocenters. The number of guanidine groups is 1. The number of rotatable bonds is 6. The van der Waals surface area contributed by atoms with Gasteiger partial charge >= 0.3 is 0 Å². The van der Waals surface area contributed by atoms with Crippen molar-refractivity contribution in [1.82, 2.24) is 15.6 Å². The Balaban J connectivity index is 2.47. The number of aliphatic imine (C=N–C) groups is 1. The molecule has 0 amide bonds. The van der Waals surface area contributed by atoms with Crippen molar-refractivity contribution in [3.05, 3.63) is 17.8 Å². The molecule has 0 bridgehead atoms. The molecule has 0 aliphatic rings. The minimum atomic E-state index is -0.0132. The maximum Gasteiger partial charge on any atom is 0.213 e. The molecule has 1 aromatic heterocycles. The van der Waals surface area contributed by atoms with Crippen LogP contribution in [0, 0.1) is 5.92 Å². The van der Waals surface area contributed by atoms with Gasteiger partial charge in [0, 0.05) is 19.0 Å². The van der Waals surface area contributed by atoms with E-state index in [1.165, 1.54) is 12.8 Å². The highest BCUT2D eigenvalue weighted by Gasteiger charge is 2.19. The fourth-order valence-corrected chi connectivity index (χ4v) is 1.94. The van der Waals surface area contributed by atoms with E-state index in [2.05, 4.69) is 55.2 Å². The van der Waals surface area contributed by atoms with Gasteiger partial charge in [-0.25, -0.2) is 4.98 Å². The predicted molar refractivity (Wildman–Crippen MR) is 87.5 cm³/mol. The smallest absolute Gasteiger partial charge is 0.213 e. The fraction of sp³-hybridized carbons (Fsp3) is 0.750. The van der Waals surface area contributed by atoms with Crippen molar-refractivity contribution in [3.63, 3.8) is 0 Å². The lowest BCUT2D eigenvalue weighted by atomic mass is 9.94. The fourth-order valence-electron chi connectivity index (χ4n) is 1.94. The molecule has 120 valence electrons. The Kier molecular flexibility index (Phi) is 6.72. The van der Waals surface area contributed by atoms with Gasteiger partial charge in [-0.1, -0.05) is 47.5 Å². The summed E-state index contributed by atoms with van der Waals surface area (Å²) in [4.78, 5) is 8.53. The van der Waals surface area contributed by atoms with Gasteiger partial charge < -0.3 is 15.1 Å². The quantitative estimate of drug-likeness (QED) is 0.625. The van der Waals surface area contributed by atoms with Gasteiger partial charge in [0.25, 0.3) is 0 Å². The van der Waals surface area contributed by atoms with Crippen molar-refractivity contribution in [2.24, 2.45) is 10.9 Å². The lowest BCUT2D eigenvalue weighted by Crippen LogP contribution is -2.39. The zero-order chi connectivity index (χ0) is 15.9. The molecule has 0 saturated carbocycles. The van der Waals surface area contributed by atoms with Crippen LogP contribution in [0.4, 0.5) is 0 Å². The van der Waals surface area contributed by atoms with Crippen LogP contribution in [0.3, 0.4) is 0 Å². The Morgan fingerprint density at radius 2 is 1.95 bits per heavy atom. The molecule has 1 aromatic rings. The van der Waals surface area contributed by atoms with Crippen molar-refractivity contribution in [1.29, 1.82) is 0 Å². The van der Waals surface area contributed by atoms with E-state index >= 15 is 0 Å². The second-order valence-electron chi connectivity index (χ2n) is 6.36. The molecule has 0 radical (unpaired) electrons. The Morgan fingerprint density at radius 3 is 2.43 bits per heavy atom. The van der Waals surface area contributed by atoms with Gasteiger partial charge in [0.1, 0.15) is 5.76 Å². The van der Waals surface area contributed by atoms with E-state index in [1.807, 2.05) is 0 Å². The zero-order valence-electron chi connectivity index (χ0n) is 14.3. The molecule has 0 fully saturated rings. The summed E-state index contributed by atoms with van der Waals surface area (Å²) in [5.41, 5.74) is -0.0132. The number of nitrogens with zero attached hydrogens (tertiary/aromatic N) is 2. The first-order valence-corrected chi connectivity index (χ1v) is 7.80. The zero-order valence-corrected chi connectivity index (χ0v) is 14.3. The van der Waals surface area contributed by atoms with Crippen molar-refractivity contribution in [2.45, 2.75) is 59.4 Å². The van der Waals surface area contributed by atoms with Crippen LogP contribution in [0.15, 0.2) is 15.6 Å². The number of nitrogens with one attached hydrogen (secondary N) is 2. The molecular formula is C16H30N4O. The second kappa shape index (κ2) is 8.05. The molecule has 0 saturated heterocycles. The third kappa shape index (κ3) is 5.78. The van der Waals surface area contributed by atoms with E-state index in [9.17, 15) is 0 Å². The molecule has 2 N–H and O–H groups in total. The summed E-state index contributed by atoms with van der Waals surface area (Å²) in [6.07, 6.45) is 4.15. The highest BCUT2D eigenvalue weighted by molar-refractivity contribution is 5.79. The maximum atomic E-state index is 5.75. The minimum absolute atomic E-state index is 0.0132.